The third-order valence-corrected chi connectivity index (χ3v) is 10.2. The highest BCUT2D eigenvalue weighted by Gasteiger charge is 2.31. The van der Waals surface area contributed by atoms with E-state index in [9.17, 15) is 0 Å². The Labute approximate surface area is 303 Å². The van der Waals surface area contributed by atoms with E-state index in [1.165, 1.54) is 50.1 Å². The number of nitrogens with zero attached hydrogens (tertiary/aromatic N) is 3. The third-order valence-electron chi connectivity index (χ3n) is 10.2. The predicted octanol–water partition coefficient (Wildman–Crippen LogP) is 12.4. The van der Waals surface area contributed by atoms with E-state index in [0.717, 1.165) is 33.9 Å². The van der Waals surface area contributed by atoms with Gasteiger partial charge in [-0.3, -0.25) is 0 Å². The highest BCUT2D eigenvalue weighted by molar-refractivity contribution is 6.13. The number of benzene rings is 7. The molecular formula is C49H34N3+. The van der Waals surface area contributed by atoms with E-state index in [1.807, 2.05) is 0 Å². The zero-order chi connectivity index (χ0) is 34.4. The first-order chi connectivity index (χ1) is 25.8. The summed E-state index contributed by atoms with van der Waals surface area (Å²) in [4.78, 5) is 2.41. The number of para-hydroxylation sites is 5. The fraction of sp³-hybridized carbons (Fsp3) is 0. The van der Waals surface area contributed by atoms with Crippen LogP contribution in [0.15, 0.2) is 207 Å². The fourth-order valence-electron chi connectivity index (χ4n) is 7.87. The summed E-state index contributed by atoms with van der Waals surface area (Å²) in [6.07, 6.45) is 4.47. The van der Waals surface area contributed by atoms with Crippen molar-refractivity contribution < 1.29 is 4.57 Å². The van der Waals surface area contributed by atoms with Crippen LogP contribution >= 0.6 is 0 Å². The van der Waals surface area contributed by atoms with Crippen LogP contribution in [0.5, 0.6) is 0 Å². The molecule has 3 nitrogen and oxygen atoms in total. The second-order valence-electron chi connectivity index (χ2n) is 13.3. The van der Waals surface area contributed by atoms with Crippen molar-refractivity contribution in [1.29, 1.82) is 0 Å². The van der Waals surface area contributed by atoms with Crippen LogP contribution in [0.2, 0.25) is 0 Å². The molecule has 3 heteroatoms. The van der Waals surface area contributed by atoms with Crippen molar-refractivity contribution >= 4 is 28.0 Å². The minimum Gasteiger partial charge on any atom is -0.309 e. The number of pyridine rings is 1. The highest BCUT2D eigenvalue weighted by atomic mass is 15.2. The number of aromatic nitrogens is 2. The van der Waals surface area contributed by atoms with E-state index >= 15 is 0 Å². The first kappa shape index (κ1) is 29.9. The fourth-order valence-corrected chi connectivity index (χ4v) is 7.87. The van der Waals surface area contributed by atoms with Gasteiger partial charge in [-0.2, -0.15) is 4.57 Å². The molecule has 0 unspecified atom stereocenters. The maximum atomic E-state index is 2.48. The lowest BCUT2D eigenvalue weighted by Gasteiger charge is -2.27. The summed E-state index contributed by atoms with van der Waals surface area (Å²) in [5, 5.41) is 1.23. The lowest BCUT2D eigenvalue weighted by molar-refractivity contribution is -0.594. The SMILES string of the molecule is c1ccc(-c2cc(-c3cccc(-n4c5c(c6ccccc64)-c4ccccc4N(c4ccccc4)c4ccccc4-5)c3)c[n+](-c3ccccc3)c2)cc1. The molecule has 244 valence electrons. The molecule has 10 rings (SSSR count). The van der Waals surface area contributed by atoms with Gasteiger partial charge in [0, 0.05) is 56.7 Å². The van der Waals surface area contributed by atoms with Gasteiger partial charge >= 0.3 is 0 Å². The Kier molecular flexibility index (Phi) is 7.14. The second kappa shape index (κ2) is 12.4. The Morgan fingerprint density at radius 3 is 1.71 bits per heavy atom. The normalized spacial score (nSPS) is 11.8. The Morgan fingerprint density at radius 2 is 0.942 bits per heavy atom. The summed E-state index contributed by atoms with van der Waals surface area (Å²) in [7, 11) is 0. The summed E-state index contributed by atoms with van der Waals surface area (Å²) >= 11 is 0. The molecule has 7 aromatic carbocycles. The van der Waals surface area contributed by atoms with Crippen molar-refractivity contribution in [3.05, 3.63) is 207 Å². The molecule has 0 atom stereocenters. The maximum absolute atomic E-state index is 2.48. The molecule has 0 saturated carbocycles. The van der Waals surface area contributed by atoms with Gasteiger partial charge in [-0.15, -0.1) is 0 Å². The van der Waals surface area contributed by atoms with Crippen LogP contribution in [0.3, 0.4) is 0 Å². The van der Waals surface area contributed by atoms with Crippen molar-refractivity contribution in [2.75, 3.05) is 4.90 Å². The largest absolute Gasteiger partial charge is 0.309 e. The van der Waals surface area contributed by atoms with E-state index in [0.29, 0.717) is 0 Å². The Morgan fingerprint density at radius 1 is 0.385 bits per heavy atom. The van der Waals surface area contributed by atoms with Gasteiger partial charge in [-0.05, 0) is 59.7 Å². The van der Waals surface area contributed by atoms with Crippen molar-refractivity contribution in [3.63, 3.8) is 0 Å². The van der Waals surface area contributed by atoms with Gasteiger partial charge in [0.1, 0.15) is 0 Å². The molecule has 0 amide bonds. The van der Waals surface area contributed by atoms with Crippen LogP contribution in [-0.4, -0.2) is 4.57 Å². The van der Waals surface area contributed by atoms with Gasteiger partial charge in [0.25, 0.3) is 0 Å². The molecule has 0 N–H and O–H groups in total. The molecular weight excluding hydrogens is 631 g/mol. The Hall–Kier alpha value is -6.97. The van der Waals surface area contributed by atoms with Crippen LogP contribution in [0.1, 0.15) is 0 Å². The molecule has 1 aliphatic rings. The number of fused-ring (bicyclic) bond motifs is 7. The van der Waals surface area contributed by atoms with E-state index in [4.69, 9.17) is 0 Å². The van der Waals surface area contributed by atoms with Gasteiger partial charge in [-0.1, -0.05) is 133 Å². The summed E-state index contributed by atoms with van der Waals surface area (Å²) < 4.78 is 4.72. The van der Waals surface area contributed by atoms with E-state index in [1.54, 1.807) is 0 Å². The topological polar surface area (TPSA) is 12.1 Å². The first-order valence-corrected chi connectivity index (χ1v) is 17.8. The lowest BCUT2D eigenvalue weighted by Crippen LogP contribution is -2.30. The monoisotopic (exact) mass is 664 g/mol. The number of hydrogen-bond donors (Lipinski definition) is 0. The maximum Gasteiger partial charge on any atom is 0.210 e. The molecule has 2 aromatic heterocycles. The van der Waals surface area contributed by atoms with Crippen LogP contribution in [0, 0.1) is 0 Å². The quantitative estimate of drug-likeness (QED) is 0.167. The first-order valence-electron chi connectivity index (χ1n) is 17.8. The van der Waals surface area contributed by atoms with Gasteiger partial charge in [0.05, 0.1) is 22.6 Å². The van der Waals surface area contributed by atoms with Gasteiger partial charge < -0.3 is 9.47 Å². The summed E-state index contributed by atoms with van der Waals surface area (Å²) in [6.45, 7) is 0. The predicted molar refractivity (Wildman–Crippen MR) is 215 cm³/mol. The zero-order valence-electron chi connectivity index (χ0n) is 28.5. The van der Waals surface area contributed by atoms with E-state index < -0.39 is 0 Å². The van der Waals surface area contributed by atoms with Crippen LogP contribution in [0.25, 0.3) is 66.9 Å². The zero-order valence-corrected chi connectivity index (χ0v) is 28.5. The van der Waals surface area contributed by atoms with E-state index in [2.05, 4.69) is 221 Å². The summed E-state index contributed by atoms with van der Waals surface area (Å²) in [5.41, 5.74) is 16.4. The number of anilines is 3. The lowest BCUT2D eigenvalue weighted by atomic mass is 9.98. The second-order valence-corrected chi connectivity index (χ2v) is 13.3. The summed E-state index contributed by atoms with van der Waals surface area (Å²) in [6, 6.07) is 69.8. The van der Waals surface area contributed by atoms with E-state index in [-0.39, 0.29) is 0 Å². The van der Waals surface area contributed by atoms with Gasteiger partial charge in [-0.25, -0.2) is 0 Å². The Bertz CT molecular complexity index is 2670. The molecule has 9 aromatic rings. The molecule has 0 spiro atoms. The molecule has 0 fully saturated rings. The van der Waals surface area contributed by atoms with Crippen LogP contribution in [-0.2, 0) is 0 Å². The summed E-state index contributed by atoms with van der Waals surface area (Å²) in [5.74, 6) is 0. The standard InChI is InChI=1S/C49H34N3/c1-4-17-35(18-5-1)37-31-38(34-50(33-37)39-20-6-2-7-21-39)36-19-16-24-41(32-36)52-46-29-14-11-26-43(46)48-42-25-10-13-28-45(42)51(40-22-8-3-9-23-40)47-30-15-12-27-44(47)49(48)52/h1-34H/q+1. The van der Waals surface area contributed by atoms with Crippen molar-refractivity contribution in [2.24, 2.45) is 0 Å². The van der Waals surface area contributed by atoms with Crippen molar-refractivity contribution in [2.45, 2.75) is 0 Å². The molecule has 1 aliphatic heterocycles. The minimum absolute atomic E-state index is 1.12. The molecule has 0 radical (unpaired) electrons. The average Bonchev–Trinajstić information content (AvgIpc) is 3.51. The smallest absolute Gasteiger partial charge is 0.210 e. The molecule has 0 saturated heterocycles. The number of hydrogen-bond acceptors (Lipinski definition) is 1. The number of rotatable bonds is 5. The third kappa shape index (κ3) is 4.94. The van der Waals surface area contributed by atoms with Crippen LogP contribution in [0.4, 0.5) is 17.1 Å². The molecule has 52 heavy (non-hydrogen) atoms. The highest BCUT2D eigenvalue weighted by Crippen LogP contribution is 2.54. The molecule has 0 bridgehead atoms. The molecule has 3 heterocycles. The van der Waals surface area contributed by atoms with Gasteiger partial charge in [0.2, 0.25) is 5.69 Å². The average molecular weight is 665 g/mol. The minimum atomic E-state index is 1.12. The van der Waals surface area contributed by atoms with Gasteiger partial charge in [0.15, 0.2) is 12.4 Å². The van der Waals surface area contributed by atoms with Crippen LogP contribution < -0.4 is 9.47 Å². The van der Waals surface area contributed by atoms with Crippen molar-refractivity contribution in [3.8, 4) is 56.0 Å². The Balaban J connectivity index is 1.23. The van der Waals surface area contributed by atoms with Crippen molar-refractivity contribution in [1.82, 2.24) is 4.57 Å². The molecule has 0 aliphatic carbocycles.